The van der Waals surface area contributed by atoms with E-state index in [1.54, 1.807) is 7.11 Å². The number of nitrogens with zero attached hydrogens (tertiary/aromatic N) is 1. The van der Waals surface area contributed by atoms with Crippen LogP contribution < -0.4 is 10.2 Å². The second-order valence-corrected chi connectivity index (χ2v) is 6.31. The SMILES string of the molecule is COCCCN1CC(C)(C)CNc2cc(C)ccc21. The third kappa shape index (κ3) is 3.63. The highest BCUT2D eigenvalue weighted by atomic mass is 16.5. The molecule has 2 rings (SSSR count). The topological polar surface area (TPSA) is 24.5 Å². The Bertz CT molecular complexity index is 429. The van der Waals surface area contributed by atoms with Gasteiger partial charge in [-0.2, -0.15) is 0 Å². The van der Waals surface area contributed by atoms with Crippen molar-refractivity contribution < 1.29 is 4.74 Å². The number of nitrogens with one attached hydrogen (secondary N) is 1. The summed E-state index contributed by atoms with van der Waals surface area (Å²) in [6, 6.07) is 6.69. The number of aryl methyl sites for hydroxylation is 1. The zero-order valence-electron chi connectivity index (χ0n) is 12.6. The summed E-state index contributed by atoms with van der Waals surface area (Å²) in [6.07, 6.45) is 1.07. The smallest absolute Gasteiger partial charge is 0.0602 e. The van der Waals surface area contributed by atoms with E-state index in [0.717, 1.165) is 32.7 Å². The summed E-state index contributed by atoms with van der Waals surface area (Å²) in [5, 5.41) is 3.60. The van der Waals surface area contributed by atoms with Crippen LogP contribution in [0.2, 0.25) is 0 Å². The minimum Gasteiger partial charge on any atom is -0.385 e. The summed E-state index contributed by atoms with van der Waals surface area (Å²) >= 11 is 0. The van der Waals surface area contributed by atoms with Crippen LogP contribution in [0.3, 0.4) is 0 Å². The van der Waals surface area contributed by atoms with Gasteiger partial charge in [0, 0.05) is 33.4 Å². The van der Waals surface area contributed by atoms with Crippen LogP contribution in [0.5, 0.6) is 0 Å². The number of benzene rings is 1. The highest BCUT2D eigenvalue weighted by molar-refractivity contribution is 5.72. The second kappa shape index (κ2) is 5.83. The summed E-state index contributed by atoms with van der Waals surface area (Å²) in [5.74, 6) is 0. The van der Waals surface area contributed by atoms with Crippen molar-refractivity contribution in [3.8, 4) is 0 Å². The van der Waals surface area contributed by atoms with Crippen LogP contribution in [0.4, 0.5) is 11.4 Å². The van der Waals surface area contributed by atoms with Gasteiger partial charge >= 0.3 is 0 Å². The Morgan fingerprint density at radius 1 is 1.37 bits per heavy atom. The maximum absolute atomic E-state index is 5.18. The number of methoxy groups -OCH3 is 1. The first kappa shape index (κ1) is 14.2. The van der Waals surface area contributed by atoms with Crippen molar-refractivity contribution in [1.82, 2.24) is 0 Å². The van der Waals surface area contributed by atoms with E-state index in [-0.39, 0.29) is 5.41 Å². The van der Waals surface area contributed by atoms with Crippen molar-refractivity contribution in [2.24, 2.45) is 5.41 Å². The van der Waals surface area contributed by atoms with Crippen LogP contribution in [0, 0.1) is 12.3 Å². The van der Waals surface area contributed by atoms with Crippen LogP contribution in [0.1, 0.15) is 25.8 Å². The summed E-state index contributed by atoms with van der Waals surface area (Å²) in [6.45, 7) is 10.8. The molecule has 106 valence electrons. The molecule has 19 heavy (non-hydrogen) atoms. The average Bonchev–Trinajstić information content (AvgIpc) is 2.47. The van der Waals surface area contributed by atoms with E-state index in [1.807, 2.05) is 0 Å². The first-order valence-corrected chi connectivity index (χ1v) is 7.10. The molecule has 1 aliphatic rings. The van der Waals surface area contributed by atoms with E-state index < -0.39 is 0 Å². The molecule has 0 radical (unpaired) electrons. The second-order valence-electron chi connectivity index (χ2n) is 6.31. The van der Waals surface area contributed by atoms with Crippen LogP contribution in [-0.2, 0) is 4.74 Å². The number of rotatable bonds is 4. The molecule has 0 aromatic heterocycles. The molecular weight excluding hydrogens is 236 g/mol. The Kier molecular flexibility index (Phi) is 4.35. The zero-order valence-corrected chi connectivity index (χ0v) is 12.6. The summed E-state index contributed by atoms with van der Waals surface area (Å²) < 4.78 is 5.18. The molecule has 3 nitrogen and oxygen atoms in total. The molecule has 0 saturated heterocycles. The monoisotopic (exact) mass is 262 g/mol. The fraction of sp³-hybridized carbons (Fsp3) is 0.625. The predicted octanol–water partition coefficient (Wildman–Crippen LogP) is 3.29. The lowest BCUT2D eigenvalue weighted by molar-refractivity contribution is 0.195. The Hall–Kier alpha value is -1.22. The van der Waals surface area contributed by atoms with Crippen molar-refractivity contribution in [2.45, 2.75) is 27.2 Å². The summed E-state index contributed by atoms with van der Waals surface area (Å²) in [4.78, 5) is 2.49. The molecule has 0 bridgehead atoms. The molecule has 1 aromatic rings. The Morgan fingerprint density at radius 3 is 2.89 bits per heavy atom. The number of hydrogen-bond donors (Lipinski definition) is 1. The van der Waals surface area contributed by atoms with Gasteiger partial charge < -0.3 is 15.0 Å². The predicted molar refractivity (Wildman–Crippen MR) is 82.2 cm³/mol. The van der Waals surface area contributed by atoms with Gasteiger partial charge in [0.1, 0.15) is 0 Å². The molecule has 1 N–H and O–H groups in total. The lowest BCUT2D eigenvalue weighted by Gasteiger charge is -2.31. The van der Waals surface area contributed by atoms with E-state index in [0.29, 0.717) is 0 Å². The van der Waals surface area contributed by atoms with Crippen molar-refractivity contribution >= 4 is 11.4 Å². The standard InChI is InChI=1S/C16H26N2O/c1-13-6-7-15-14(10-13)17-11-16(2,3)12-18(15)8-5-9-19-4/h6-7,10,17H,5,8-9,11-12H2,1-4H3. The van der Waals surface area contributed by atoms with Gasteiger partial charge in [0.25, 0.3) is 0 Å². The van der Waals surface area contributed by atoms with Crippen molar-refractivity contribution in [3.05, 3.63) is 23.8 Å². The van der Waals surface area contributed by atoms with Gasteiger partial charge in [-0.05, 0) is 36.5 Å². The lowest BCUT2D eigenvalue weighted by atomic mass is 9.93. The first-order chi connectivity index (χ1) is 9.02. The lowest BCUT2D eigenvalue weighted by Crippen LogP contribution is -2.36. The average molecular weight is 262 g/mol. The van der Waals surface area contributed by atoms with Crippen LogP contribution in [0.15, 0.2) is 18.2 Å². The van der Waals surface area contributed by atoms with Gasteiger partial charge in [-0.25, -0.2) is 0 Å². The minimum absolute atomic E-state index is 0.278. The third-order valence-corrected chi connectivity index (χ3v) is 3.65. The highest BCUT2D eigenvalue weighted by Crippen LogP contribution is 2.34. The summed E-state index contributed by atoms with van der Waals surface area (Å²) in [7, 11) is 1.77. The largest absolute Gasteiger partial charge is 0.385 e. The highest BCUT2D eigenvalue weighted by Gasteiger charge is 2.26. The minimum atomic E-state index is 0.278. The van der Waals surface area contributed by atoms with Crippen molar-refractivity contribution in [2.75, 3.05) is 43.6 Å². The fourth-order valence-corrected chi connectivity index (χ4v) is 2.66. The van der Waals surface area contributed by atoms with E-state index in [2.05, 4.69) is 49.2 Å². The maximum Gasteiger partial charge on any atom is 0.0602 e. The number of anilines is 2. The molecule has 1 aromatic carbocycles. The van der Waals surface area contributed by atoms with Crippen LogP contribution >= 0.6 is 0 Å². The quantitative estimate of drug-likeness (QED) is 0.843. The Labute approximate surface area is 116 Å². The molecule has 0 fully saturated rings. The molecule has 1 aliphatic heterocycles. The molecule has 0 atom stereocenters. The Balaban J connectivity index is 2.22. The molecule has 3 heteroatoms. The van der Waals surface area contributed by atoms with Gasteiger partial charge in [-0.1, -0.05) is 19.9 Å². The Morgan fingerprint density at radius 2 is 2.16 bits per heavy atom. The molecular formula is C16H26N2O. The van der Waals surface area contributed by atoms with E-state index >= 15 is 0 Å². The number of hydrogen-bond acceptors (Lipinski definition) is 3. The van der Waals surface area contributed by atoms with Crippen LogP contribution in [-0.4, -0.2) is 33.4 Å². The van der Waals surface area contributed by atoms with Crippen LogP contribution in [0.25, 0.3) is 0 Å². The maximum atomic E-state index is 5.18. The third-order valence-electron chi connectivity index (χ3n) is 3.65. The van der Waals surface area contributed by atoms with Gasteiger partial charge in [-0.15, -0.1) is 0 Å². The molecule has 0 saturated carbocycles. The van der Waals surface area contributed by atoms with Gasteiger partial charge in [0.2, 0.25) is 0 Å². The van der Waals surface area contributed by atoms with Gasteiger partial charge in [-0.3, -0.25) is 0 Å². The molecule has 0 aliphatic carbocycles. The van der Waals surface area contributed by atoms with Gasteiger partial charge in [0.05, 0.1) is 11.4 Å². The zero-order chi connectivity index (χ0) is 13.9. The van der Waals surface area contributed by atoms with E-state index in [1.165, 1.54) is 16.9 Å². The molecule has 0 spiro atoms. The van der Waals surface area contributed by atoms with Gasteiger partial charge in [0.15, 0.2) is 0 Å². The van der Waals surface area contributed by atoms with E-state index in [4.69, 9.17) is 4.74 Å². The van der Waals surface area contributed by atoms with Crippen molar-refractivity contribution in [3.63, 3.8) is 0 Å². The molecule has 1 heterocycles. The summed E-state index contributed by atoms with van der Waals surface area (Å²) in [5.41, 5.74) is 4.18. The normalized spacial score (nSPS) is 17.6. The number of ether oxygens (including phenoxy) is 1. The van der Waals surface area contributed by atoms with E-state index in [9.17, 15) is 0 Å². The molecule has 0 amide bonds. The fourth-order valence-electron chi connectivity index (χ4n) is 2.66. The number of fused-ring (bicyclic) bond motifs is 1. The first-order valence-electron chi connectivity index (χ1n) is 7.10. The molecule has 0 unspecified atom stereocenters. The van der Waals surface area contributed by atoms with Crippen molar-refractivity contribution in [1.29, 1.82) is 0 Å².